The number of amides is 1. The van der Waals surface area contributed by atoms with E-state index in [2.05, 4.69) is 31.6 Å². The third kappa shape index (κ3) is 4.04. The number of hydrogen-bond donors (Lipinski definition) is 0. The molecule has 1 aromatic heterocycles. The van der Waals surface area contributed by atoms with Crippen LogP contribution in [0.5, 0.6) is 0 Å². The standard InChI is InChI=1S/C18H29N5O/c1-14-12-15(2)20-18(19-14)22-10-8-21(9-11-22)13-17(24)23-7-5-4-6-16(23)3/h12,16H,4-11,13H2,1-3H3. The number of aryl methyl sites for hydroxylation is 2. The van der Waals surface area contributed by atoms with E-state index in [0.717, 1.165) is 62.9 Å². The van der Waals surface area contributed by atoms with E-state index in [-0.39, 0.29) is 0 Å². The Morgan fingerprint density at radius 2 is 1.75 bits per heavy atom. The smallest absolute Gasteiger partial charge is 0.236 e. The van der Waals surface area contributed by atoms with Gasteiger partial charge in [-0.1, -0.05) is 0 Å². The molecule has 3 rings (SSSR count). The minimum absolute atomic E-state index is 0.290. The number of likely N-dealkylation sites (tertiary alicyclic amines) is 1. The minimum Gasteiger partial charge on any atom is -0.339 e. The fourth-order valence-electron chi connectivity index (χ4n) is 3.71. The van der Waals surface area contributed by atoms with Crippen molar-refractivity contribution in [3.05, 3.63) is 17.5 Å². The van der Waals surface area contributed by atoms with Gasteiger partial charge in [0.25, 0.3) is 0 Å². The van der Waals surface area contributed by atoms with Crippen molar-refractivity contribution >= 4 is 11.9 Å². The van der Waals surface area contributed by atoms with Gasteiger partial charge in [0, 0.05) is 50.2 Å². The topological polar surface area (TPSA) is 52.6 Å². The first-order valence-electron chi connectivity index (χ1n) is 9.12. The number of rotatable bonds is 3. The number of piperidine rings is 1. The summed E-state index contributed by atoms with van der Waals surface area (Å²) in [6.07, 6.45) is 3.54. The van der Waals surface area contributed by atoms with Crippen LogP contribution in [0.4, 0.5) is 5.95 Å². The number of piperazine rings is 1. The lowest BCUT2D eigenvalue weighted by atomic mass is 10.0. The first-order chi connectivity index (χ1) is 11.5. The van der Waals surface area contributed by atoms with Crippen molar-refractivity contribution in [2.45, 2.75) is 46.1 Å². The van der Waals surface area contributed by atoms with Gasteiger partial charge in [0.1, 0.15) is 0 Å². The molecule has 3 heterocycles. The van der Waals surface area contributed by atoms with Gasteiger partial charge in [-0.3, -0.25) is 9.69 Å². The zero-order valence-corrected chi connectivity index (χ0v) is 15.2. The molecule has 132 valence electrons. The van der Waals surface area contributed by atoms with Crippen LogP contribution in [-0.2, 0) is 4.79 Å². The van der Waals surface area contributed by atoms with Crippen molar-refractivity contribution in [3.8, 4) is 0 Å². The predicted octanol–water partition coefficient (Wildman–Crippen LogP) is 1.62. The maximum absolute atomic E-state index is 12.6. The van der Waals surface area contributed by atoms with Crippen molar-refractivity contribution in [2.24, 2.45) is 0 Å². The summed E-state index contributed by atoms with van der Waals surface area (Å²) in [5.74, 6) is 1.11. The second-order valence-electron chi connectivity index (χ2n) is 7.15. The fraction of sp³-hybridized carbons (Fsp3) is 0.722. The van der Waals surface area contributed by atoms with Gasteiger partial charge < -0.3 is 9.80 Å². The van der Waals surface area contributed by atoms with Crippen molar-refractivity contribution in [1.82, 2.24) is 19.8 Å². The number of aromatic nitrogens is 2. The zero-order valence-electron chi connectivity index (χ0n) is 15.2. The highest BCUT2D eigenvalue weighted by molar-refractivity contribution is 5.78. The van der Waals surface area contributed by atoms with Crippen LogP contribution in [0.25, 0.3) is 0 Å². The quantitative estimate of drug-likeness (QED) is 0.842. The second kappa shape index (κ2) is 7.47. The van der Waals surface area contributed by atoms with Gasteiger partial charge in [-0.25, -0.2) is 9.97 Å². The van der Waals surface area contributed by atoms with Crippen LogP contribution in [0.15, 0.2) is 6.07 Å². The van der Waals surface area contributed by atoms with Gasteiger partial charge in [-0.15, -0.1) is 0 Å². The van der Waals surface area contributed by atoms with E-state index in [1.54, 1.807) is 0 Å². The molecular formula is C18H29N5O. The van der Waals surface area contributed by atoms with E-state index < -0.39 is 0 Å². The molecule has 1 aromatic rings. The van der Waals surface area contributed by atoms with Crippen LogP contribution in [0.3, 0.4) is 0 Å². The Morgan fingerprint density at radius 3 is 2.38 bits per heavy atom. The summed E-state index contributed by atoms with van der Waals surface area (Å²) in [6.45, 7) is 11.2. The highest BCUT2D eigenvalue weighted by Gasteiger charge is 2.26. The SMILES string of the molecule is Cc1cc(C)nc(N2CCN(CC(=O)N3CCCCC3C)CC2)n1. The van der Waals surface area contributed by atoms with Crippen LogP contribution in [0.1, 0.15) is 37.6 Å². The Balaban J connectivity index is 1.52. The lowest BCUT2D eigenvalue weighted by Crippen LogP contribution is -2.52. The van der Waals surface area contributed by atoms with Crippen LogP contribution in [-0.4, -0.2) is 71.0 Å². The summed E-state index contributed by atoms with van der Waals surface area (Å²) in [5.41, 5.74) is 2.02. The number of anilines is 1. The summed E-state index contributed by atoms with van der Waals surface area (Å²) >= 11 is 0. The summed E-state index contributed by atoms with van der Waals surface area (Å²) in [5, 5.41) is 0. The Kier molecular flexibility index (Phi) is 5.33. The molecule has 2 fully saturated rings. The van der Waals surface area contributed by atoms with Crippen molar-refractivity contribution in [1.29, 1.82) is 0 Å². The maximum atomic E-state index is 12.6. The lowest BCUT2D eigenvalue weighted by Gasteiger charge is -2.38. The van der Waals surface area contributed by atoms with Crippen LogP contribution < -0.4 is 4.90 Å². The average molecular weight is 331 g/mol. The van der Waals surface area contributed by atoms with E-state index in [4.69, 9.17) is 0 Å². The Morgan fingerprint density at radius 1 is 1.08 bits per heavy atom. The molecule has 0 radical (unpaired) electrons. The number of hydrogen-bond acceptors (Lipinski definition) is 5. The molecule has 2 saturated heterocycles. The van der Waals surface area contributed by atoms with Crippen molar-refractivity contribution in [3.63, 3.8) is 0 Å². The largest absolute Gasteiger partial charge is 0.339 e. The molecule has 1 atom stereocenters. The van der Waals surface area contributed by atoms with Crippen molar-refractivity contribution < 1.29 is 4.79 Å². The molecule has 0 N–H and O–H groups in total. The zero-order chi connectivity index (χ0) is 17.1. The minimum atomic E-state index is 0.290. The first kappa shape index (κ1) is 17.1. The fourth-order valence-corrected chi connectivity index (χ4v) is 3.71. The highest BCUT2D eigenvalue weighted by atomic mass is 16.2. The first-order valence-corrected chi connectivity index (χ1v) is 9.12. The number of carbonyl (C=O) groups is 1. The Hall–Kier alpha value is -1.69. The molecule has 0 aliphatic carbocycles. The third-order valence-corrected chi connectivity index (χ3v) is 5.11. The van der Waals surface area contributed by atoms with Gasteiger partial charge in [-0.05, 0) is 46.1 Å². The molecule has 2 aliphatic heterocycles. The molecule has 0 aromatic carbocycles. The van der Waals surface area contributed by atoms with E-state index in [1.165, 1.54) is 6.42 Å². The van der Waals surface area contributed by atoms with E-state index in [9.17, 15) is 4.79 Å². The predicted molar refractivity (Wildman–Crippen MR) is 95.2 cm³/mol. The van der Waals surface area contributed by atoms with E-state index in [0.29, 0.717) is 18.5 Å². The van der Waals surface area contributed by atoms with Gasteiger partial charge in [0.2, 0.25) is 11.9 Å². The Bertz CT molecular complexity index is 563. The van der Waals surface area contributed by atoms with E-state index >= 15 is 0 Å². The summed E-state index contributed by atoms with van der Waals surface area (Å²) in [6, 6.07) is 2.40. The summed E-state index contributed by atoms with van der Waals surface area (Å²) < 4.78 is 0. The van der Waals surface area contributed by atoms with Crippen LogP contribution in [0, 0.1) is 13.8 Å². The number of nitrogens with zero attached hydrogens (tertiary/aromatic N) is 5. The maximum Gasteiger partial charge on any atom is 0.236 e. The summed E-state index contributed by atoms with van der Waals surface area (Å²) in [7, 11) is 0. The molecule has 6 nitrogen and oxygen atoms in total. The summed E-state index contributed by atoms with van der Waals surface area (Å²) in [4.78, 5) is 28.2. The molecule has 0 saturated carbocycles. The van der Waals surface area contributed by atoms with Crippen LogP contribution >= 0.6 is 0 Å². The number of carbonyl (C=O) groups excluding carboxylic acids is 1. The molecule has 24 heavy (non-hydrogen) atoms. The van der Waals surface area contributed by atoms with Crippen molar-refractivity contribution in [2.75, 3.05) is 44.2 Å². The third-order valence-electron chi connectivity index (χ3n) is 5.11. The molecule has 0 spiro atoms. The van der Waals surface area contributed by atoms with Gasteiger partial charge in [-0.2, -0.15) is 0 Å². The van der Waals surface area contributed by atoms with Crippen LogP contribution in [0.2, 0.25) is 0 Å². The molecule has 1 unspecified atom stereocenters. The monoisotopic (exact) mass is 331 g/mol. The molecular weight excluding hydrogens is 302 g/mol. The second-order valence-corrected chi connectivity index (χ2v) is 7.15. The molecule has 2 aliphatic rings. The van der Waals surface area contributed by atoms with Gasteiger partial charge in [0.15, 0.2) is 0 Å². The lowest BCUT2D eigenvalue weighted by molar-refractivity contribution is -0.135. The van der Waals surface area contributed by atoms with Gasteiger partial charge in [0.05, 0.1) is 6.54 Å². The Labute approximate surface area is 144 Å². The normalized spacial score (nSPS) is 22.7. The molecule has 6 heteroatoms. The van der Waals surface area contributed by atoms with Gasteiger partial charge >= 0.3 is 0 Å². The molecule has 0 bridgehead atoms. The molecule has 1 amide bonds. The highest BCUT2D eigenvalue weighted by Crippen LogP contribution is 2.17. The van der Waals surface area contributed by atoms with E-state index in [1.807, 2.05) is 19.9 Å². The average Bonchev–Trinajstić information content (AvgIpc) is 2.55.